The summed E-state index contributed by atoms with van der Waals surface area (Å²) in [4.78, 5) is 14.4. The van der Waals surface area contributed by atoms with Gasteiger partial charge in [-0.1, -0.05) is 36.8 Å². The number of amidine groups is 2. The molecule has 0 aromatic heterocycles. The van der Waals surface area contributed by atoms with Crippen LogP contribution in [0.5, 0.6) is 0 Å². The van der Waals surface area contributed by atoms with Gasteiger partial charge in [-0.3, -0.25) is 0 Å². The van der Waals surface area contributed by atoms with Crippen LogP contribution in [-0.4, -0.2) is 97.2 Å². The first-order valence-corrected chi connectivity index (χ1v) is 14.0. The number of nitrogens with zero attached hydrogens (tertiary/aromatic N) is 3. The van der Waals surface area contributed by atoms with Crippen molar-refractivity contribution in [3.8, 4) is 12.3 Å². The van der Waals surface area contributed by atoms with E-state index in [9.17, 15) is 10.2 Å². The Hall–Kier alpha value is -2.37. The fraction of sp³-hybridized carbons (Fsp3) is 0.567. The maximum absolute atomic E-state index is 10.4. The van der Waals surface area contributed by atoms with Crippen LogP contribution in [0.15, 0.2) is 41.0 Å². The molecule has 12 nitrogen and oxygen atoms in total. The summed E-state index contributed by atoms with van der Waals surface area (Å²) < 4.78 is 26.2. The van der Waals surface area contributed by atoms with Crippen LogP contribution in [-0.2, 0) is 67.7 Å². The van der Waals surface area contributed by atoms with E-state index >= 15 is 0 Å². The van der Waals surface area contributed by atoms with Crippen LogP contribution in [0.1, 0.15) is 31.7 Å². The van der Waals surface area contributed by atoms with Gasteiger partial charge in [-0.05, 0) is 49.6 Å². The van der Waals surface area contributed by atoms with Crippen molar-refractivity contribution in [3.63, 3.8) is 0 Å². The smallest absolute Gasteiger partial charge is 0.122 e. The monoisotopic (exact) mass is 675 g/mol. The first kappa shape index (κ1) is 40.6. The van der Waals surface area contributed by atoms with Crippen molar-refractivity contribution in [2.75, 3.05) is 72.3 Å². The molecular weight excluding hydrogens is 629 g/mol. The van der Waals surface area contributed by atoms with Gasteiger partial charge in [-0.15, -0.1) is 6.42 Å². The van der Waals surface area contributed by atoms with Gasteiger partial charge in [-0.2, -0.15) is 0 Å². The standard InChI is InChI=1S/C18H26N6O.C12H20O5.Y/c1-12-4-9-16(25-12)24-17(20)15(10-19)18(22-3)23-11-13-5-7-14(21-2)8-6-13;1-2-5-14-7-9-16-11-12-17-10-8-15-6-3-4-13;/h5-8,10,12,16,21H,4,9,11,19H2,1-3H3,(H-2,20,22,23,24);1,4H,3,5-12H2;/q-2;;/b15-10+;;. The second-order valence-electron chi connectivity index (χ2n) is 8.95. The zero-order valence-corrected chi connectivity index (χ0v) is 28.5. The summed E-state index contributed by atoms with van der Waals surface area (Å²) in [5, 5.41) is 20.5. The molecule has 0 bridgehead atoms. The van der Waals surface area contributed by atoms with Crippen LogP contribution >= 0.6 is 0 Å². The maximum atomic E-state index is 10.4. The molecule has 43 heavy (non-hydrogen) atoms. The van der Waals surface area contributed by atoms with Gasteiger partial charge in [0.15, 0.2) is 0 Å². The number of aliphatic imine (C=N–C) groups is 1. The molecule has 2 unspecified atom stereocenters. The Morgan fingerprint density at radius 1 is 1.12 bits per heavy atom. The Morgan fingerprint density at radius 3 is 2.21 bits per heavy atom. The molecule has 0 amide bonds. The summed E-state index contributed by atoms with van der Waals surface area (Å²) in [6.07, 6.45) is 9.30. The van der Waals surface area contributed by atoms with Crippen molar-refractivity contribution >= 4 is 23.6 Å². The number of ether oxygens (including phenoxy) is 5. The van der Waals surface area contributed by atoms with E-state index in [2.05, 4.69) is 26.9 Å². The Bertz CT molecular complexity index is 986. The van der Waals surface area contributed by atoms with E-state index < -0.39 is 0 Å². The van der Waals surface area contributed by atoms with Crippen LogP contribution in [0.2, 0.25) is 0 Å². The molecule has 237 valence electrons. The number of carbonyl (C=O) groups is 1. The van der Waals surface area contributed by atoms with Crippen LogP contribution in [0.25, 0.3) is 10.7 Å². The normalized spacial score (nSPS) is 16.2. The van der Waals surface area contributed by atoms with Gasteiger partial charge in [0.25, 0.3) is 0 Å². The zero-order chi connectivity index (χ0) is 30.8. The predicted molar refractivity (Wildman–Crippen MR) is 167 cm³/mol. The number of aldehydes is 1. The number of nitrogens with one attached hydrogen (secondary N) is 2. The van der Waals surface area contributed by atoms with Crippen molar-refractivity contribution in [1.29, 1.82) is 0 Å². The topological polar surface area (TPSA) is 162 Å². The van der Waals surface area contributed by atoms with Crippen molar-refractivity contribution in [2.45, 2.75) is 45.1 Å². The van der Waals surface area contributed by atoms with Gasteiger partial charge in [-0.25, -0.2) is 0 Å². The van der Waals surface area contributed by atoms with E-state index in [0.29, 0.717) is 77.2 Å². The molecule has 1 saturated heterocycles. The summed E-state index contributed by atoms with van der Waals surface area (Å²) in [6, 6.07) is 7.95. The third-order valence-electron chi connectivity index (χ3n) is 5.74. The van der Waals surface area contributed by atoms with E-state index in [1.807, 2.05) is 38.2 Å². The van der Waals surface area contributed by atoms with Gasteiger partial charge in [0, 0.05) is 58.1 Å². The van der Waals surface area contributed by atoms with Crippen LogP contribution < -0.4 is 16.4 Å². The molecule has 1 heterocycles. The first-order valence-electron chi connectivity index (χ1n) is 14.0. The zero-order valence-electron chi connectivity index (χ0n) is 25.6. The average molecular weight is 676 g/mol. The number of benzene rings is 1. The second kappa shape index (κ2) is 27.2. The Labute approximate surface area is 281 Å². The molecule has 1 aliphatic rings. The van der Waals surface area contributed by atoms with Gasteiger partial charge >= 0.3 is 0 Å². The van der Waals surface area contributed by atoms with Gasteiger partial charge in [0.05, 0.1) is 58.6 Å². The maximum Gasteiger partial charge on any atom is 0.122 e. The number of terminal acetylenes is 1. The molecule has 1 aromatic rings. The van der Waals surface area contributed by atoms with Gasteiger partial charge < -0.3 is 60.6 Å². The molecule has 13 heteroatoms. The third kappa shape index (κ3) is 19.5. The molecule has 2 atom stereocenters. The van der Waals surface area contributed by atoms with Crippen molar-refractivity contribution in [2.24, 2.45) is 10.7 Å². The summed E-state index contributed by atoms with van der Waals surface area (Å²) in [6.45, 7) is 6.28. The molecule has 1 aromatic carbocycles. The molecular formula is C30H46N6O6Y-2. The van der Waals surface area contributed by atoms with E-state index in [0.717, 1.165) is 30.4 Å². The van der Waals surface area contributed by atoms with Gasteiger partial charge in [0.1, 0.15) is 12.9 Å². The summed E-state index contributed by atoms with van der Waals surface area (Å²) >= 11 is 0. The van der Waals surface area contributed by atoms with Crippen LogP contribution in [0, 0.1) is 12.3 Å². The number of hydrogen-bond donors (Lipinski definition) is 3. The summed E-state index contributed by atoms with van der Waals surface area (Å²) in [5.74, 6) is 2.68. The van der Waals surface area contributed by atoms with Gasteiger partial charge in [0.2, 0.25) is 0 Å². The Balaban J connectivity index is 0.000000865. The minimum absolute atomic E-state index is 0. The fourth-order valence-corrected chi connectivity index (χ4v) is 3.54. The van der Waals surface area contributed by atoms with Crippen LogP contribution in [0.3, 0.4) is 0 Å². The molecule has 0 aliphatic carbocycles. The summed E-state index contributed by atoms with van der Waals surface area (Å²) in [7, 11) is 3.49. The number of hydrogen-bond acceptors (Lipinski definition) is 9. The van der Waals surface area contributed by atoms with Crippen LogP contribution in [0.4, 0.5) is 5.69 Å². The van der Waals surface area contributed by atoms with Crippen molar-refractivity contribution in [3.05, 3.63) is 52.3 Å². The SMILES string of the molecule is C#CCOCCOCCOCCOCCC=O.C[N-]C(=NCc1ccc(NC)cc1)/C(=C/N)C(=[N-])NC1CCC(C)O1.[Y]. The van der Waals surface area contributed by atoms with E-state index in [-0.39, 0.29) is 50.9 Å². The molecule has 1 fully saturated rings. The fourth-order valence-electron chi connectivity index (χ4n) is 3.54. The predicted octanol–water partition coefficient (Wildman–Crippen LogP) is 2.83. The molecule has 1 aliphatic heterocycles. The van der Waals surface area contributed by atoms with E-state index in [1.165, 1.54) is 6.20 Å². The Kier molecular flexibility index (Phi) is 25.7. The minimum Gasteiger partial charge on any atom is -0.469 e. The molecule has 2 rings (SSSR count). The molecule has 0 spiro atoms. The first-order chi connectivity index (χ1) is 20.5. The summed E-state index contributed by atoms with van der Waals surface area (Å²) in [5.41, 5.74) is 8.12. The van der Waals surface area contributed by atoms with E-state index in [1.54, 1.807) is 7.05 Å². The second-order valence-corrected chi connectivity index (χ2v) is 8.95. The molecule has 1 radical (unpaired) electrons. The molecule has 4 N–H and O–H groups in total. The van der Waals surface area contributed by atoms with Crippen molar-refractivity contribution in [1.82, 2.24) is 5.32 Å². The largest absolute Gasteiger partial charge is 0.469 e. The number of nitrogens with two attached hydrogens (primary N) is 1. The van der Waals surface area contributed by atoms with E-state index in [4.69, 9.17) is 35.8 Å². The number of rotatable bonds is 19. The average Bonchev–Trinajstić information content (AvgIpc) is 3.42. The molecule has 0 saturated carbocycles. The number of anilines is 1. The number of carbonyl (C=O) groups excluding carboxylic acids is 1. The minimum atomic E-state index is -0.225. The quantitative estimate of drug-likeness (QED) is 0.0659. The third-order valence-corrected chi connectivity index (χ3v) is 5.74. The Morgan fingerprint density at radius 2 is 1.72 bits per heavy atom. The number of likely N-dealkylation sites (N-methyl/N-ethyl adjacent to an activating group) is 1. The van der Waals surface area contributed by atoms with Crippen molar-refractivity contribution < 1.29 is 61.2 Å².